The second-order valence-corrected chi connectivity index (χ2v) is 4.35. The van der Waals surface area contributed by atoms with E-state index < -0.39 is 0 Å². The van der Waals surface area contributed by atoms with Crippen LogP contribution in [-0.2, 0) is 11.3 Å². The maximum absolute atomic E-state index is 11.5. The molecule has 0 heterocycles. The van der Waals surface area contributed by atoms with Crippen molar-refractivity contribution in [3.63, 3.8) is 0 Å². The van der Waals surface area contributed by atoms with Gasteiger partial charge in [0.2, 0.25) is 5.91 Å². The first-order valence-corrected chi connectivity index (χ1v) is 6.18. The molecule has 3 nitrogen and oxygen atoms in total. The topological polar surface area (TPSA) is 49.3 Å². The van der Waals surface area contributed by atoms with E-state index in [0.717, 1.165) is 22.8 Å². The number of rotatable bonds is 4. The third-order valence-electron chi connectivity index (χ3n) is 2.91. The van der Waals surface area contributed by atoms with Crippen molar-refractivity contribution in [1.29, 1.82) is 0 Å². The molecule has 0 bridgehead atoms. The van der Waals surface area contributed by atoms with Gasteiger partial charge in [0.25, 0.3) is 0 Å². The van der Waals surface area contributed by atoms with Crippen LogP contribution >= 0.6 is 0 Å². The van der Waals surface area contributed by atoms with Crippen LogP contribution in [0, 0.1) is 0 Å². The van der Waals surface area contributed by atoms with Crippen molar-refractivity contribution in [3.8, 4) is 5.75 Å². The number of nitrogens with one attached hydrogen (secondary N) is 1. The van der Waals surface area contributed by atoms with E-state index in [1.54, 1.807) is 12.1 Å². The standard InChI is InChI=1S/C15H17NO2/c1-2-4-15(18)16-10-12-6-3-5-11-7-8-13(17)9-14(11)12/h3,5-9,17H,2,4,10H2,1H3,(H,16,18). The molecule has 2 N–H and O–H groups in total. The summed E-state index contributed by atoms with van der Waals surface area (Å²) in [4.78, 5) is 11.5. The number of carbonyl (C=O) groups is 1. The van der Waals surface area contributed by atoms with E-state index in [1.807, 2.05) is 31.2 Å². The zero-order chi connectivity index (χ0) is 13.0. The number of carbonyl (C=O) groups excluding carboxylic acids is 1. The molecule has 18 heavy (non-hydrogen) atoms. The molecule has 0 spiro atoms. The molecular weight excluding hydrogens is 226 g/mol. The smallest absolute Gasteiger partial charge is 0.220 e. The zero-order valence-corrected chi connectivity index (χ0v) is 10.4. The first-order chi connectivity index (χ1) is 8.70. The van der Waals surface area contributed by atoms with Crippen LogP contribution in [0.4, 0.5) is 0 Å². The van der Waals surface area contributed by atoms with Gasteiger partial charge < -0.3 is 10.4 Å². The highest BCUT2D eigenvalue weighted by atomic mass is 16.3. The Kier molecular flexibility index (Phi) is 3.82. The summed E-state index contributed by atoms with van der Waals surface area (Å²) in [6.07, 6.45) is 1.40. The number of benzene rings is 2. The molecule has 0 saturated heterocycles. The highest BCUT2D eigenvalue weighted by molar-refractivity contribution is 5.87. The summed E-state index contributed by atoms with van der Waals surface area (Å²) >= 11 is 0. The van der Waals surface area contributed by atoms with Crippen molar-refractivity contribution in [2.75, 3.05) is 0 Å². The van der Waals surface area contributed by atoms with Gasteiger partial charge in [-0.15, -0.1) is 0 Å². The predicted molar refractivity (Wildman–Crippen MR) is 72.4 cm³/mol. The fourth-order valence-electron chi connectivity index (χ4n) is 1.99. The lowest BCUT2D eigenvalue weighted by Crippen LogP contribution is -2.22. The SMILES string of the molecule is CCCC(=O)NCc1cccc2ccc(O)cc12. The lowest BCUT2D eigenvalue weighted by Gasteiger charge is -2.08. The van der Waals surface area contributed by atoms with E-state index in [9.17, 15) is 9.90 Å². The average molecular weight is 243 g/mol. The molecule has 3 heteroatoms. The second-order valence-electron chi connectivity index (χ2n) is 4.35. The minimum Gasteiger partial charge on any atom is -0.508 e. The Morgan fingerprint density at radius 1 is 1.28 bits per heavy atom. The van der Waals surface area contributed by atoms with Crippen molar-refractivity contribution in [1.82, 2.24) is 5.32 Å². The molecule has 0 aromatic heterocycles. The van der Waals surface area contributed by atoms with Crippen molar-refractivity contribution in [2.24, 2.45) is 0 Å². The molecule has 2 rings (SSSR count). The van der Waals surface area contributed by atoms with Gasteiger partial charge in [-0.2, -0.15) is 0 Å². The lowest BCUT2D eigenvalue weighted by molar-refractivity contribution is -0.121. The molecule has 0 aliphatic rings. The van der Waals surface area contributed by atoms with Gasteiger partial charge in [-0.05, 0) is 34.9 Å². The van der Waals surface area contributed by atoms with Gasteiger partial charge in [0.15, 0.2) is 0 Å². The second kappa shape index (κ2) is 5.54. The number of aromatic hydroxyl groups is 1. The Hall–Kier alpha value is -2.03. The Labute approximate surface area is 106 Å². The minimum absolute atomic E-state index is 0.0645. The molecule has 0 fully saturated rings. The van der Waals surface area contributed by atoms with Crippen LogP contribution in [0.3, 0.4) is 0 Å². The van der Waals surface area contributed by atoms with Crippen LogP contribution < -0.4 is 5.32 Å². The van der Waals surface area contributed by atoms with Gasteiger partial charge in [-0.3, -0.25) is 4.79 Å². The van der Waals surface area contributed by atoms with Crippen molar-refractivity contribution in [2.45, 2.75) is 26.3 Å². The van der Waals surface area contributed by atoms with E-state index in [4.69, 9.17) is 0 Å². The molecular formula is C15H17NO2. The summed E-state index contributed by atoms with van der Waals surface area (Å²) in [5, 5.41) is 14.5. The summed E-state index contributed by atoms with van der Waals surface area (Å²) < 4.78 is 0. The van der Waals surface area contributed by atoms with Crippen molar-refractivity contribution in [3.05, 3.63) is 42.0 Å². The number of phenols is 1. The molecule has 0 radical (unpaired) electrons. The highest BCUT2D eigenvalue weighted by Gasteiger charge is 2.04. The fraction of sp³-hybridized carbons (Fsp3) is 0.267. The maximum Gasteiger partial charge on any atom is 0.220 e. The number of hydrogen-bond donors (Lipinski definition) is 2. The largest absolute Gasteiger partial charge is 0.508 e. The molecule has 0 atom stereocenters. The van der Waals surface area contributed by atoms with Gasteiger partial charge in [-0.1, -0.05) is 31.2 Å². The third-order valence-corrected chi connectivity index (χ3v) is 2.91. The van der Waals surface area contributed by atoms with Crippen LogP contribution in [-0.4, -0.2) is 11.0 Å². The van der Waals surface area contributed by atoms with Gasteiger partial charge in [0.1, 0.15) is 5.75 Å². The number of hydrogen-bond acceptors (Lipinski definition) is 2. The Bertz CT molecular complexity index is 563. The monoisotopic (exact) mass is 243 g/mol. The maximum atomic E-state index is 11.5. The van der Waals surface area contributed by atoms with Crippen LogP contribution in [0.2, 0.25) is 0 Å². The van der Waals surface area contributed by atoms with E-state index in [1.165, 1.54) is 0 Å². The van der Waals surface area contributed by atoms with E-state index in [0.29, 0.717) is 13.0 Å². The lowest BCUT2D eigenvalue weighted by atomic mass is 10.0. The quantitative estimate of drug-likeness (QED) is 0.867. The average Bonchev–Trinajstić information content (AvgIpc) is 2.36. The van der Waals surface area contributed by atoms with Crippen LogP contribution in [0.1, 0.15) is 25.3 Å². The first kappa shape index (κ1) is 12.4. The molecule has 2 aromatic rings. The molecule has 2 aromatic carbocycles. The highest BCUT2D eigenvalue weighted by Crippen LogP contribution is 2.23. The van der Waals surface area contributed by atoms with Gasteiger partial charge in [0.05, 0.1) is 0 Å². The Morgan fingerprint density at radius 3 is 2.89 bits per heavy atom. The van der Waals surface area contributed by atoms with Gasteiger partial charge in [0, 0.05) is 13.0 Å². The summed E-state index contributed by atoms with van der Waals surface area (Å²) in [7, 11) is 0. The Morgan fingerprint density at radius 2 is 2.11 bits per heavy atom. The van der Waals surface area contributed by atoms with Gasteiger partial charge >= 0.3 is 0 Å². The molecule has 0 aliphatic heterocycles. The fourth-order valence-corrected chi connectivity index (χ4v) is 1.99. The summed E-state index contributed by atoms with van der Waals surface area (Å²) in [5.41, 5.74) is 1.02. The molecule has 0 aliphatic carbocycles. The summed E-state index contributed by atoms with van der Waals surface area (Å²) in [6, 6.07) is 11.2. The van der Waals surface area contributed by atoms with Crippen molar-refractivity contribution < 1.29 is 9.90 Å². The first-order valence-electron chi connectivity index (χ1n) is 6.18. The normalized spacial score (nSPS) is 10.5. The molecule has 0 saturated carbocycles. The van der Waals surface area contributed by atoms with Crippen LogP contribution in [0.15, 0.2) is 36.4 Å². The number of amides is 1. The molecule has 1 amide bonds. The predicted octanol–water partition coefficient (Wildman–Crippen LogP) is 2.96. The molecule has 94 valence electrons. The minimum atomic E-state index is 0.0645. The van der Waals surface area contributed by atoms with Crippen LogP contribution in [0.25, 0.3) is 10.8 Å². The number of fused-ring (bicyclic) bond motifs is 1. The van der Waals surface area contributed by atoms with Crippen molar-refractivity contribution >= 4 is 16.7 Å². The molecule has 0 unspecified atom stereocenters. The summed E-state index contributed by atoms with van der Waals surface area (Å²) in [5.74, 6) is 0.310. The van der Waals surface area contributed by atoms with E-state index in [-0.39, 0.29) is 11.7 Å². The van der Waals surface area contributed by atoms with Gasteiger partial charge in [-0.25, -0.2) is 0 Å². The van der Waals surface area contributed by atoms with E-state index in [2.05, 4.69) is 5.32 Å². The summed E-state index contributed by atoms with van der Waals surface area (Å²) in [6.45, 7) is 2.48. The van der Waals surface area contributed by atoms with E-state index >= 15 is 0 Å². The number of phenolic OH excluding ortho intramolecular Hbond substituents is 1. The zero-order valence-electron chi connectivity index (χ0n) is 10.4. The third kappa shape index (κ3) is 2.80. The Balaban J connectivity index is 2.22. The van der Waals surface area contributed by atoms with Crippen LogP contribution in [0.5, 0.6) is 5.75 Å².